The molecule has 0 spiro atoms. The molecule has 0 saturated heterocycles. The third-order valence-electron chi connectivity index (χ3n) is 9.01. The van der Waals surface area contributed by atoms with E-state index in [-0.39, 0.29) is 19.4 Å². The van der Waals surface area contributed by atoms with E-state index in [4.69, 9.17) is 24.8 Å². The van der Waals surface area contributed by atoms with Gasteiger partial charge in [0.1, 0.15) is 12.6 Å². The van der Waals surface area contributed by atoms with Crippen molar-refractivity contribution in [3.63, 3.8) is 0 Å². The van der Waals surface area contributed by atoms with E-state index in [1.54, 1.807) is 0 Å². The van der Waals surface area contributed by atoms with E-state index in [0.717, 1.165) is 44.9 Å². The van der Waals surface area contributed by atoms with Crippen LogP contribution in [0.15, 0.2) is 12.2 Å². The first-order valence-corrected chi connectivity index (χ1v) is 22.2. The number of nitrogens with two attached hydrogens (primary N) is 1. The molecule has 0 saturated carbocycles. The lowest BCUT2D eigenvalue weighted by Crippen LogP contribution is -2.34. The zero-order valence-corrected chi connectivity index (χ0v) is 33.8. The Labute approximate surface area is 316 Å². The fourth-order valence-electron chi connectivity index (χ4n) is 5.71. The average molecular weight is 762 g/mol. The minimum atomic E-state index is -4.71. The Morgan fingerprint density at radius 1 is 0.577 bits per heavy atom. The van der Waals surface area contributed by atoms with Gasteiger partial charge in [0.2, 0.25) is 0 Å². The second kappa shape index (κ2) is 36.2. The van der Waals surface area contributed by atoms with Gasteiger partial charge in [-0.25, -0.2) is 4.57 Å². The fraction of sp³-hybridized carbons (Fsp3) is 0.875. The van der Waals surface area contributed by atoms with Gasteiger partial charge < -0.3 is 25.2 Å². The third-order valence-corrected chi connectivity index (χ3v) is 9.96. The second-order valence-electron chi connectivity index (χ2n) is 14.1. The Morgan fingerprint density at radius 2 is 0.962 bits per heavy atom. The molecule has 0 heterocycles. The van der Waals surface area contributed by atoms with Crippen molar-refractivity contribution >= 4 is 25.7 Å². The summed E-state index contributed by atoms with van der Waals surface area (Å²) in [5, 5.41) is 8.86. The molecule has 3 atom stereocenters. The zero-order chi connectivity index (χ0) is 38.5. The summed E-state index contributed by atoms with van der Waals surface area (Å²) in [5.41, 5.74) is 5.32. The van der Waals surface area contributed by atoms with Crippen LogP contribution in [0.2, 0.25) is 0 Å². The normalized spacial score (nSPS) is 13.9. The first-order chi connectivity index (χ1) is 25.1. The first-order valence-electron chi connectivity index (χ1n) is 20.7. The van der Waals surface area contributed by atoms with Crippen molar-refractivity contribution in [2.24, 2.45) is 5.73 Å². The molecule has 0 amide bonds. The molecule has 0 bridgehead atoms. The number of esters is 2. The summed E-state index contributed by atoms with van der Waals surface area (Å²) in [6, 6.07) is -1.52. The van der Waals surface area contributed by atoms with Crippen LogP contribution in [-0.2, 0) is 37.5 Å². The number of carboxylic acids is 1. The minimum Gasteiger partial charge on any atom is -0.480 e. The number of ether oxygens (including phenoxy) is 2. The summed E-state index contributed by atoms with van der Waals surface area (Å²) >= 11 is 0. The van der Waals surface area contributed by atoms with E-state index in [1.165, 1.54) is 109 Å². The molecule has 4 N–H and O–H groups in total. The molecule has 11 nitrogen and oxygen atoms in total. The number of carboxylic acid groups (broad SMARTS) is 1. The predicted molar refractivity (Wildman–Crippen MR) is 208 cm³/mol. The van der Waals surface area contributed by atoms with E-state index >= 15 is 0 Å². The molecular weight excluding hydrogens is 685 g/mol. The highest BCUT2D eigenvalue weighted by atomic mass is 31.2. The standard InChI is InChI=1S/C40H76NO10P/c1-3-5-7-9-11-13-15-16-17-18-19-20-22-23-25-27-29-31-38(42)48-33-36(34-49-52(46,47)50-35-37(41)40(44)45)51-39(43)32-30-28-26-24-21-14-12-10-8-6-4-2/h16-17,36-37H,3-15,18-35,41H2,1-2H3,(H,44,45)(H,46,47)/b17-16+/t36-,37+/m0/s1. The molecule has 0 aliphatic heterocycles. The number of phosphoric ester groups is 1. The fourth-order valence-corrected chi connectivity index (χ4v) is 6.48. The van der Waals surface area contributed by atoms with Gasteiger partial charge >= 0.3 is 25.7 Å². The van der Waals surface area contributed by atoms with Gasteiger partial charge in [0.25, 0.3) is 0 Å². The number of rotatable bonds is 39. The first kappa shape index (κ1) is 50.2. The van der Waals surface area contributed by atoms with E-state index in [1.807, 2.05) is 0 Å². The van der Waals surface area contributed by atoms with E-state index in [0.29, 0.717) is 12.8 Å². The quantitative estimate of drug-likeness (QED) is 0.0235. The summed E-state index contributed by atoms with van der Waals surface area (Å²) in [6.07, 6.45) is 34.2. The second-order valence-corrected chi connectivity index (χ2v) is 15.6. The van der Waals surface area contributed by atoms with Crippen LogP contribution < -0.4 is 5.73 Å². The lowest BCUT2D eigenvalue weighted by molar-refractivity contribution is -0.161. The van der Waals surface area contributed by atoms with E-state index < -0.39 is 51.1 Å². The maximum atomic E-state index is 12.6. The highest BCUT2D eigenvalue weighted by molar-refractivity contribution is 7.47. The lowest BCUT2D eigenvalue weighted by Gasteiger charge is -2.20. The topological polar surface area (TPSA) is 172 Å². The van der Waals surface area contributed by atoms with Gasteiger partial charge in [0.05, 0.1) is 13.2 Å². The van der Waals surface area contributed by atoms with Crippen LogP contribution in [0, 0.1) is 0 Å². The highest BCUT2D eigenvalue weighted by Crippen LogP contribution is 2.43. The Balaban J connectivity index is 4.34. The van der Waals surface area contributed by atoms with Crippen LogP contribution in [0.4, 0.5) is 0 Å². The average Bonchev–Trinajstić information content (AvgIpc) is 3.12. The van der Waals surface area contributed by atoms with Crippen molar-refractivity contribution in [3.05, 3.63) is 12.2 Å². The molecule has 52 heavy (non-hydrogen) atoms. The van der Waals surface area contributed by atoms with Crippen molar-refractivity contribution in [2.45, 2.75) is 206 Å². The molecule has 0 aromatic carbocycles. The van der Waals surface area contributed by atoms with E-state index in [9.17, 15) is 23.8 Å². The van der Waals surface area contributed by atoms with Crippen LogP contribution in [-0.4, -0.2) is 59.9 Å². The molecule has 306 valence electrons. The largest absolute Gasteiger partial charge is 0.480 e. The summed E-state index contributed by atoms with van der Waals surface area (Å²) in [6.45, 7) is 2.79. The Kier molecular flexibility index (Phi) is 35.0. The number of hydrogen-bond donors (Lipinski definition) is 3. The Hall–Kier alpha value is -1.78. The van der Waals surface area contributed by atoms with Crippen molar-refractivity contribution in [3.8, 4) is 0 Å². The lowest BCUT2D eigenvalue weighted by atomic mass is 10.1. The number of unbranched alkanes of at least 4 members (excludes halogenated alkanes) is 23. The Morgan fingerprint density at radius 3 is 1.40 bits per heavy atom. The van der Waals surface area contributed by atoms with Gasteiger partial charge in [-0.1, -0.05) is 154 Å². The number of hydrogen-bond acceptors (Lipinski definition) is 9. The highest BCUT2D eigenvalue weighted by Gasteiger charge is 2.28. The maximum Gasteiger partial charge on any atom is 0.472 e. The van der Waals surface area contributed by atoms with Crippen molar-refractivity contribution < 1.29 is 47.5 Å². The van der Waals surface area contributed by atoms with Crippen LogP contribution in [0.1, 0.15) is 194 Å². The molecule has 0 aromatic heterocycles. The van der Waals surface area contributed by atoms with Crippen LogP contribution in [0.5, 0.6) is 0 Å². The Bertz CT molecular complexity index is 947. The predicted octanol–water partition coefficient (Wildman–Crippen LogP) is 10.5. The molecular formula is C40H76NO10P. The maximum absolute atomic E-state index is 12.6. The zero-order valence-electron chi connectivity index (χ0n) is 32.9. The number of carbonyl (C=O) groups is 3. The third kappa shape index (κ3) is 35.3. The van der Waals surface area contributed by atoms with Gasteiger partial charge in [0.15, 0.2) is 6.10 Å². The molecule has 1 unspecified atom stereocenters. The van der Waals surface area contributed by atoms with Gasteiger partial charge in [-0.15, -0.1) is 0 Å². The molecule has 0 aromatic rings. The van der Waals surface area contributed by atoms with Gasteiger partial charge in [-0.3, -0.25) is 23.4 Å². The summed E-state index contributed by atoms with van der Waals surface area (Å²) < 4.78 is 32.6. The summed E-state index contributed by atoms with van der Waals surface area (Å²) in [5.74, 6) is -2.38. The smallest absolute Gasteiger partial charge is 0.472 e. The van der Waals surface area contributed by atoms with Crippen LogP contribution >= 0.6 is 7.82 Å². The summed E-state index contributed by atoms with van der Waals surface area (Å²) in [4.78, 5) is 45.8. The number of phosphoric acid groups is 1. The van der Waals surface area contributed by atoms with Crippen molar-refractivity contribution in [1.29, 1.82) is 0 Å². The van der Waals surface area contributed by atoms with E-state index in [2.05, 4.69) is 30.5 Å². The molecule has 0 aliphatic rings. The van der Waals surface area contributed by atoms with Gasteiger partial charge in [-0.05, 0) is 38.5 Å². The van der Waals surface area contributed by atoms with Gasteiger partial charge in [0, 0.05) is 12.8 Å². The molecule has 0 fully saturated rings. The molecule has 0 radical (unpaired) electrons. The summed E-state index contributed by atoms with van der Waals surface area (Å²) in [7, 11) is -4.71. The minimum absolute atomic E-state index is 0.165. The van der Waals surface area contributed by atoms with Crippen LogP contribution in [0.3, 0.4) is 0 Å². The van der Waals surface area contributed by atoms with Crippen molar-refractivity contribution in [2.75, 3.05) is 19.8 Å². The number of aliphatic carboxylic acids is 1. The van der Waals surface area contributed by atoms with Crippen LogP contribution in [0.25, 0.3) is 0 Å². The number of allylic oxidation sites excluding steroid dienone is 2. The molecule has 0 rings (SSSR count). The monoisotopic (exact) mass is 762 g/mol. The SMILES string of the molecule is CCCCCCCC/C=C/CCCCCCCCCC(=O)OC[C@@H](COP(=O)(O)OC[C@@H](N)C(=O)O)OC(=O)CCCCCCCCCCCCC. The number of carbonyl (C=O) groups excluding carboxylic acids is 2. The van der Waals surface area contributed by atoms with Gasteiger partial charge in [-0.2, -0.15) is 0 Å². The molecule has 0 aliphatic carbocycles. The molecule has 12 heteroatoms. The van der Waals surface area contributed by atoms with Crippen molar-refractivity contribution in [1.82, 2.24) is 0 Å².